The highest BCUT2D eigenvalue weighted by Gasteiger charge is 2.18. The summed E-state index contributed by atoms with van der Waals surface area (Å²) in [6, 6.07) is 6.97. The molecule has 0 aromatic heterocycles. The molecule has 4 nitrogen and oxygen atoms in total. The SMILES string of the molecule is CCCC(C(=O)O)c1ccc(C(O)CN)cc1.Cl. The van der Waals surface area contributed by atoms with Gasteiger partial charge in [-0.15, -0.1) is 12.4 Å². The Morgan fingerprint density at radius 1 is 1.28 bits per heavy atom. The number of rotatable bonds is 6. The van der Waals surface area contributed by atoms with Gasteiger partial charge in [0.1, 0.15) is 0 Å². The first-order valence-corrected chi connectivity index (χ1v) is 5.81. The molecule has 0 aliphatic heterocycles. The van der Waals surface area contributed by atoms with E-state index in [9.17, 15) is 9.90 Å². The molecule has 0 heterocycles. The van der Waals surface area contributed by atoms with Gasteiger partial charge in [-0.1, -0.05) is 37.6 Å². The number of aliphatic hydroxyl groups is 1. The second-order valence-corrected chi connectivity index (χ2v) is 4.10. The van der Waals surface area contributed by atoms with Crippen molar-refractivity contribution in [1.82, 2.24) is 0 Å². The Labute approximate surface area is 113 Å². The first-order valence-electron chi connectivity index (χ1n) is 5.81. The number of nitrogens with two attached hydrogens (primary N) is 1. The van der Waals surface area contributed by atoms with Gasteiger partial charge in [-0.2, -0.15) is 0 Å². The monoisotopic (exact) mass is 273 g/mol. The summed E-state index contributed by atoms with van der Waals surface area (Å²) in [7, 11) is 0. The molecular weight excluding hydrogens is 254 g/mol. The van der Waals surface area contributed by atoms with Crippen molar-refractivity contribution in [3.63, 3.8) is 0 Å². The Balaban J connectivity index is 0.00000289. The van der Waals surface area contributed by atoms with Crippen LogP contribution in [-0.2, 0) is 4.79 Å². The van der Waals surface area contributed by atoms with Gasteiger partial charge in [-0.05, 0) is 17.5 Å². The average Bonchev–Trinajstić information content (AvgIpc) is 2.35. The molecule has 0 saturated heterocycles. The Hall–Kier alpha value is -1.10. The minimum Gasteiger partial charge on any atom is -0.481 e. The van der Waals surface area contributed by atoms with Crippen molar-refractivity contribution >= 4 is 18.4 Å². The maximum absolute atomic E-state index is 11.1. The number of hydrogen-bond donors (Lipinski definition) is 3. The zero-order valence-electron chi connectivity index (χ0n) is 10.4. The van der Waals surface area contributed by atoms with E-state index in [1.54, 1.807) is 24.3 Å². The molecule has 102 valence electrons. The fourth-order valence-corrected chi connectivity index (χ4v) is 1.81. The number of hydrogen-bond acceptors (Lipinski definition) is 3. The molecule has 0 spiro atoms. The molecule has 1 rings (SSSR count). The first-order chi connectivity index (χ1) is 8.10. The molecular formula is C13H20ClNO3. The summed E-state index contributed by atoms with van der Waals surface area (Å²) in [6.07, 6.45) is 0.761. The number of carboxylic acid groups (broad SMARTS) is 1. The van der Waals surface area contributed by atoms with Crippen LogP contribution in [-0.4, -0.2) is 22.7 Å². The summed E-state index contributed by atoms with van der Waals surface area (Å²) < 4.78 is 0. The Morgan fingerprint density at radius 2 is 1.78 bits per heavy atom. The van der Waals surface area contributed by atoms with Gasteiger partial charge in [0.2, 0.25) is 0 Å². The lowest BCUT2D eigenvalue weighted by Gasteiger charge is -2.13. The lowest BCUT2D eigenvalue weighted by atomic mass is 9.93. The fourth-order valence-electron chi connectivity index (χ4n) is 1.81. The van der Waals surface area contributed by atoms with Crippen LogP contribution in [0.4, 0.5) is 0 Å². The summed E-state index contributed by atoms with van der Waals surface area (Å²) in [4.78, 5) is 11.1. The van der Waals surface area contributed by atoms with Gasteiger partial charge in [0.15, 0.2) is 0 Å². The number of halogens is 1. The zero-order valence-corrected chi connectivity index (χ0v) is 11.2. The molecule has 2 atom stereocenters. The van der Waals surface area contributed by atoms with E-state index in [1.807, 2.05) is 6.92 Å². The van der Waals surface area contributed by atoms with Crippen LogP contribution in [0.1, 0.15) is 42.9 Å². The minimum atomic E-state index is -0.807. The molecule has 0 aliphatic rings. The molecule has 2 unspecified atom stereocenters. The highest BCUT2D eigenvalue weighted by molar-refractivity contribution is 5.85. The van der Waals surface area contributed by atoms with Gasteiger partial charge < -0.3 is 15.9 Å². The summed E-state index contributed by atoms with van der Waals surface area (Å²) in [5, 5.41) is 18.6. The lowest BCUT2D eigenvalue weighted by Crippen LogP contribution is -2.13. The van der Waals surface area contributed by atoms with E-state index in [-0.39, 0.29) is 19.0 Å². The topological polar surface area (TPSA) is 83.5 Å². The van der Waals surface area contributed by atoms with E-state index < -0.39 is 18.0 Å². The van der Waals surface area contributed by atoms with Crippen molar-refractivity contribution in [2.75, 3.05) is 6.54 Å². The number of aliphatic hydroxyl groups excluding tert-OH is 1. The third-order valence-corrected chi connectivity index (χ3v) is 2.82. The molecule has 1 aromatic rings. The Morgan fingerprint density at radius 3 is 2.17 bits per heavy atom. The molecule has 1 aromatic carbocycles. The molecule has 5 heteroatoms. The van der Waals surface area contributed by atoms with Crippen molar-refractivity contribution in [1.29, 1.82) is 0 Å². The van der Waals surface area contributed by atoms with Crippen LogP contribution in [0.15, 0.2) is 24.3 Å². The predicted octanol–water partition coefficient (Wildman–Crippen LogP) is 2.07. The summed E-state index contributed by atoms with van der Waals surface area (Å²) in [6.45, 7) is 2.12. The highest BCUT2D eigenvalue weighted by Crippen LogP contribution is 2.23. The van der Waals surface area contributed by atoms with Crippen molar-refractivity contribution in [2.45, 2.75) is 31.8 Å². The van der Waals surface area contributed by atoms with Crippen LogP contribution >= 0.6 is 12.4 Å². The van der Waals surface area contributed by atoms with E-state index in [4.69, 9.17) is 10.8 Å². The normalized spacial score (nSPS) is 13.5. The van der Waals surface area contributed by atoms with Crippen LogP contribution in [0.3, 0.4) is 0 Å². The summed E-state index contributed by atoms with van der Waals surface area (Å²) >= 11 is 0. The van der Waals surface area contributed by atoms with Gasteiger partial charge in [-0.25, -0.2) is 0 Å². The van der Waals surface area contributed by atoms with E-state index in [0.717, 1.165) is 17.5 Å². The van der Waals surface area contributed by atoms with Crippen molar-refractivity contribution in [2.24, 2.45) is 5.73 Å². The Kier molecular flexibility index (Phi) is 7.59. The van der Waals surface area contributed by atoms with E-state index in [0.29, 0.717) is 6.42 Å². The maximum Gasteiger partial charge on any atom is 0.310 e. The summed E-state index contributed by atoms with van der Waals surface area (Å²) in [5.41, 5.74) is 6.84. The quantitative estimate of drug-likeness (QED) is 0.741. The van der Waals surface area contributed by atoms with Crippen LogP contribution in [0.5, 0.6) is 0 Å². The number of aliphatic carboxylic acids is 1. The van der Waals surface area contributed by atoms with E-state index >= 15 is 0 Å². The molecule has 0 aliphatic carbocycles. The molecule has 18 heavy (non-hydrogen) atoms. The standard InChI is InChI=1S/C13H19NO3.ClH/c1-2-3-11(13(16)17)9-4-6-10(7-5-9)12(15)8-14;/h4-7,11-12,15H,2-3,8,14H2,1H3,(H,16,17);1H. The number of benzene rings is 1. The minimum absolute atomic E-state index is 0. The molecule has 4 N–H and O–H groups in total. The second-order valence-electron chi connectivity index (χ2n) is 4.10. The predicted molar refractivity (Wildman–Crippen MR) is 73.0 cm³/mol. The van der Waals surface area contributed by atoms with Crippen molar-refractivity contribution < 1.29 is 15.0 Å². The molecule has 0 saturated carbocycles. The van der Waals surface area contributed by atoms with Gasteiger partial charge in [-0.3, -0.25) is 4.79 Å². The number of carboxylic acids is 1. The van der Waals surface area contributed by atoms with Crippen LogP contribution in [0, 0.1) is 0 Å². The maximum atomic E-state index is 11.1. The smallest absolute Gasteiger partial charge is 0.310 e. The largest absolute Gasteiger partial charge is 0.481 e. The van der Waals surface area contributed by atoms with Gasteiger partial charge >= 0.3 is 5.97 Å². The third-order valence-electron chi connectivity index (χ3n) is 2.82. The lowest BCUT2D eigenvalue weighted by molar-refractivity contribution is -0.139. The van der Waals surface area contributed by atoms with E-state index in [2.05, 4.69) is 0 Å². The van der Waals surface area contributed by atoms with Gasteiger partial charge in [0.25, 0.3) is 0 Å². The first kappa shape index (κ1) is 16.9. The van der Waals surface area contributed by atoms with Crippen molar-refractivity contribution in [3.8, 4) is 0 Å². The van der Waals surface area contributed by atoms with Crippen LogP contribution in [0.2, 0.25) is 0 Å². The summed E-state index contributed by atoms with van der Waals surface area (Å²) in [5.74, 6) is -1.27. The fraction of sp³-hybridized carbons (Fsp3) is 0.462. The van der Waals surface area contributed by atoms with Crippen molar-refractivity contribution in [3.05, 3.63) is 35.4 Å². The second kappa shape index (κ2) is 8.08. The van der Waals surface area contributed by atoms with E-state index in [1.165, 1.54) is 0 Å². The molecule has 0 amide bonds. The molecule has 0 bridgehead atoms. The molecule has 0 radical (unpaired) electrons. The van der Waals surface area contributed by atoms with Gasteiger partial charge in [0, 0.05) is 6.54 Å². The number of carbonyl (C=O) groups is 1. The zero-order chi connectivity index (χ0) is 12.8. The average molecular weight is 274 g/mol. The van der Waals surface area contributed by atoms with Gasteiger partial charge in [0.05, 0.1) is 12.0 Å². The Bertz CT molecular complexity index is 367. The molecule has 0 fully saturated rings. The van der Waals surface area contributed by atoms with Crippen LogP contribution < -0.4 is 5.73 Å². The highest BCUT2D eigenvalue weighted by atomic mass is 35.5. The van der Waals surface area contributed by atoms with Crippen LogP contribution in [0.25, 0.3) is 0 Å². The third kappa shape index (κ3) is 4.29.